The van der Waals surface area contributed by atoms with E-state index in [1.807, 2.05) is 4.90 Å². The third kappa shape index (κ3) is 7.30. The largest absolute Gasteiger partial charge is 0.493 e. The number of rotatable bonds is 8. The highest BCUT2D eigenvalue weighted by Gasteiger charge is 2.34. The highest BCUT2D eigenvalue weighted by atomic mass is 19.4. The van der Waals surface area contributed by atoms with E-state index in [1.165, 1.54) is 31.4 Å². The monoisotopic (exact) mass is 611 g/mol. The molecule has 0 unspecified atom stereocenters. The third-order valence-electron chi connectivity index (χ3n) is 7.20. The number of alkyl halides is 6. The van der Waals surface area contributed by atoms with Crippen molar-refractivity contribution in [3.63, 3.8) is 0 Å². The topological polar surface area (TPSA) is 93.9 Å². The molecule has 1 amide bonds. The first-order chi connectivity index (χ1) is 20.2. The van der Waals surface area contributed by atoms with E-state index in [4.69, 9.17) is 9.47 Å². The van der Waals surface area contributed by atoms with Gasteiger partial charge in [-0.15, -0.1) is 0 Å². The van der Waals surface area contributed by atoms with Gasteiger partial charge in [0.1, 0.15) is 0 Å². The summed E-state index contributed by atoms with van der Waals surface area (Å²) in [4.78, 5) is 25.5. The van der Waals surface area contributed by atoms with E-state index in [0.717, 1.165) is 50.3 Å². The Morgan fingerprint density at radius 2 is 1.49 bits per heavy atom. The predicted molar refractivity (Wildman–Crippen MR) is 146 cm³/mol. The van der Waals surface area contributed by atoms with E-state index in [-0.39, 0.29) is 28.8 Å². The Hall–Kier alpha value is -4.49. The number of anilines is 2. The highest BCUT2D eigenvalue weighted by Crippen LogP contribution is 2.41. The van der Waals surface area contributed by atoms with Gasteiger partial charge in [0, 0.05) is 24.7 Å². The van der Waals surface area contributed by atoms with Crippen molar-refractivity contribution in [2.45, 2.75) is 50.5 Å². The first kappa shape index (κ1) is 31.4. The van der Waals surface area contributed by atoms with Crippen molar-refractivity contribution < 1.29 is 45.5 Å². The van der Waals surface area contributed by atoms with Crippen molar-refractivity contribution >= 4 is 23.0 Å². The first-order valence-electron chi connectivity index (χ1n) is 13.2. The number of ether oxygens (including phenoxy) is 2. The van der Waals surface area contributed by atoms with Crippen LogP contribution in [0.2, 0.25) is 0 Å². The van der Waals surface area contributed by atoms with Crippen LogP contribution < -0.4 is 19.7 Å². The molecule has 0 aliphatic heterocycles. The molecule has 0 aromatic heterocycles. The third-order valence-corrected chi connectivity index (χ3v) is 7.20. The molecular weight excluding hydrogens is 584 g/mol. The van der Waals surface area contributed by atoms with E-state index < -0.39 is 45.7 Å². The molecule has 0 saturated heterocycles. The number of carbonyl (C=O) groups excluding carboxylic acids is 1. The zero-order valence-electron chi connectivity index (χ0n) is 23.0. The lowest BCUT2D eigenvalue weighted by Gasteiger charge is -2.34. The van der Waals surface area contributed by atoms with Crippen molar-refractivity contribution in [1.29, 1.82) is 0 Å². The summed E-state index contributed by atoms with van der Waals surface area (Å²) >= 11 is 0. The molecule has 1 aliphatic rings. The molecule has 8 nitrogen and oxygen atoms in total. The van der Waals surface area contributed by atoms with Crippen LogP contribution in [0.1, 0.15) is 53.6 Å². The molecule has 1 fully saturated rings. The number of nitro groups is 1. The first-order valence-corrected chi connectivity index (χ1v) is 13.2. The van der Waals surface area contributed by atoms with E-state index in [2.05, 4.69) is 5.32 Å². The molecule has 1 aliphatic carbocycles. The summed E-state index contributed by atoms with van der Waals surface area (Å²) in [6.07, 6.45) is -4.69. The maximum absolute atomic E-state index is 13.5. The Morgan fingerprint density at radius 1 is 0.884 bits per heavy atom. The van der Waals surface area contributed by atoms with Gasteiger partial charge in [0.25, 0.3) is 5.91 Å². The number of nitrogens with one attached hydrogen (secondary N) is 1. The summed E-state index contributed by atoms with van der Waals surface area (Å²) in [5.41, 5.74) is -2.81. The molecule has 230 valence electrons. The maximum Gasteiger partial charge on any atom is 0.416 e. The van der Waals surface area contributed by atoms with Crippen molar-refractivity contribution in [2.75, 3.05) is 24.4 Å². The number of benzene rings is 3. The number of nitro benzene ring substituents is 1. The van der Waals surface area contributed by atoms with Gasteiger partial charge in [-0.1, -0.05) is 19.3 Å². The fourth-order valence-electron chi connectivity index (χ4n) is 4.91. The van der Waals surface area contributed by atoms with Crippen LogP contribution in [-0.2, 0) is 12.4 Å². The highest BCUT2D eigenvalue weighted by molar-refractivity contribution is 6.06. The van der Waals surface area contributed by atoms with Gasteiger partial charge in [-0.25, -0.2) is 0 Å². The van der Waals surface area contributed by atoms with Crippen LogP contribution in [0.5, 0.6) is 17.2 Å². The maximum atomic E-state index is 13.5. The van der Waals surface area contributed by atoms with Gasteiger partial charge in [0.2, 0.25) is 5.75 Å². The molecule has 43 heavy (non-hydrogen) atoms. The SMILES string of the molecule is COc1cc(C(=O)Nc2cc(C(F)(F)F)ccc2N(C)C2CCCCC2)ccc1Oc1ccc(C(F)(F)F)cc1[N+](=O)[O-]. The summed E-state index contributed by atoms with van der Waals surface area (Å²) in [5.74, 6) is -1.54. The van der Waals surface area contributed by atoms with Crippen LogP contribution >= 0.6 is 0 Å². The molecule has 3 aromatic rings. The van der Waals surface area contributed by atoms with E-state index in [0.29, 0.717) is 17.8 Å². The van der Waals surface area contributed by atoms with Crippen molar-refractivity contribution in [2.24, 2.45) is 0 Å². The second kappa shape index (κ2) is 12.4. The van der Waals surface area contributed by atoms with E-state index in [1.54, 1.807) is 7.05 Å². The number of amides is 1. The second-order valence-corrected chi connectivity index (χ2v) is 9.99. The quantitative estimate of drug-likeness (QED) is 0.156. The number of halogens is 6. The van der Waals surface area contributed by atoms with Gasteiger partial charge in [0.15, 0.2) is 11.5 Å². The number of nitrogens with zero attached hydrogens (tertiary/aromatic N) is 2. The minimum absolute atomic E-state index is 0.0465. The lowest BCUT2D eigenvalue weighted by Crippen LogP contribution is -2.34. The predicted octanol–water partition coefficient (Wildman–Crippen LogP) is 8.45. The summed E-state index contributed by atoms with van der Waals surface area (Å²) in [5, 5.41) is 14.0. The number of hydrogen-bond donors (Lipinski definition) is 1. The van der Waals surface area contributed by atoms with Crippen LogP contribution in [-0.4, -0.2) is 31.0 Å². The number of hydrogen-bond acceptors (Lipinski definition) is 6. The molecule has 14 heteroatoms. The van der Waals surface area contributed by atoms with Gasteiger partial charge in [-0.05, 0) is 61.4 Å². The standard InChI is InChI=1S/C29H27F6N3O5/c1-37(20-6-4-3-5-7-20)22-11-9-18(28(30,31)32)15-21(22)36-27(39)17-8-12-25(26(14-17)42-2)43-24-13-10-19(29(33,34)35)16-23(24)38(40)41/h8-16,20H,3-7H2,1-2H3,(H,36,39). The van der Waals surface area contributed by atoms with Gasteiger partial charge >= 0.3 is 18.0 Å². The average molecular weight is 612 g/mol. The molecule has 0 radical (unpaired) electrons. The van der Waals surface area contributed by atoms with Gasteiger partial charge in [0.05, 0.1) is 34.5 Å². The lowest BCUT2D eigenvalue weighted by atomic mass is 9.94. The number of carbonyl (C=O) groups is 1. The normalized spacial score (nSPS) is 14.2. The van der Waals surface area contributed by atoms with Crippen molar-refractivity contribution in [3.8, 4) is 17.2 Å². The Morgan fingerprint density at radius 3 is 2.09 bits per heavy atom. The van der Waals surface area contributed by atoms with Gasteiger partial charge < -0.3 is 19.7 Å². The molecular formula is C29H27F6N3O5. The molecule has 4 rings (SSSR count). The molecule has 1 saturated carbocycles. The van der Waals surface area contributed by atoms with Crippen LogP contribution in [0.4, 0.5) is 43.4 Å². The minimum atomic E-state index is -4.82. The van der Waals surface area contributed by atoms with E-state index in [9.17, 15) is 41.3 Å². The fraction of sp³-hybridized carbons (Fsp3) is 0.345. The summed E-state index contributed by atoms with van der Waals surface area (Å²) < 4.78 is 90.5. The van der Waals surface area contributed by atoms with Crippen LogP contribution in [0.25, 0.3) is 0 Å². The second-order valence-electron chi connectivity index (χ2n) is 9.99. The minimum Gasteiger partial charge on any atom is -0.493 e. The van der Waals surface area contributed by atoms with Crippen molar-refractivity contribution in [1.82, 2.24) is 0 Å². The zero-order valence-corrected chi connectivity index (χ0v) is 23.0. The van der Waals surface area contributed by atoms with Crippen LogP contribution in [0, 0.1) is 10.1 Å². The van der Waals surface area contributed by atoms with Crippen molar-refractivity contribution in [3.05, 3.63) is 81.4 Å². The van der Waals surface area contributed by atoms with Gasteiger partial charge in [-0.3, -0.25) is 14.9 Å². The Labute approximate surface area is 242 Å². The smallest absolute Gasteiger partial charge is 0.416 e. The Bertz CT molecular complexity index is 1500. The molecule has 3 aromatic carbocycles. The molecule has 0 bridgehead atoms. The Kier molecular flexibility index (Phi) is 9.07. The number of methoxy groups -OCH3 is 1. The van der Waals surface area contributed by atoms with E-state index >= 15 is 0 Å². The summed E-state index contributed by atoms with van der Waals surface area (Å²) in [6.45, 7) is 0. The molecule has 0 atom stereocenters. The van der Waals surface area contributed by atoms with Crippen LogP contribution in [0.15, 0.2) is 54.6 Å². The Balaban J connectivity index is 1.63. The summed E-state index contributed by atoms with van der Waals surface area (Å²) in [6, 6.07) is 8.61. The lowest BCUT2D eigenvalue weighted by molar-refractivity contribution is -0.385. The zero-order chi connectivity index (χ0) is 31.5. The van der Waals surface area contributed by atoms with Gasteiger partial charge in [-0.2, -0.15) is 26.3 Å². The molecule has 1 N–H and O–H groups in total. The molecule has 0 spiro atoms. The average Bonchev–Trinajstić information content (AvgIpc) is 2.96. The van der Waals surface area contributed by atoms with Crippen LogP contribution in [0.3, 0.4) is 0 Å². The summed E-state index contributed by atoms with van der Waals surface area (Å²) in [7, 11) is 2.97. The molecule has 0 heterocycles. The fourth-order valence-corrected chi connectivity index (χ4v) is 4.91.